The molecule has 0 aliphatic carbocycles. The van der Waals surface area contributed by atoms with Gasteiger partial charge in [0, 0.05) is 13.2 Å². The van der Waals surface area contributed by atoms with Gasteiger partial charge in [-0.25, -0.2) is 0 Å². The van der Waals surface area contributed by atoms with Crippen molar-refractivity contribution < 1.29 is 4.74 Å². The second-order valence-corrected chi connectivity index (χ2v) is 5.81. The van der Waals surface area contributed by atoms with Gasteiger partial charge in [-0.15, -0.1) is 0 Å². The molecular weight excluding hydrogens is 172 g/mol. The molecule has 0 fully saturated rings. The average molecular weight is 200 g/mol. The Morgan fingerprint density at radius 1 is 1.00 bits per heavy atom. The van der Waals surface area contributed by atoms with Crippen LogP contribution in [0.15, 0.2) is 0 Å². The quantitative estimate of drug-likeness (QED) is 0.558. The summed E-state index contributed by atoms with van der Waals surface area (Å²) >= 11 is 0. The highest BCUT2D eigenvalue weighted by molar-refractivity contribution is 4.59. The van der Waals surface area contributed by atoms with Crippen molar-refractivity contribution in [2.24, 2.45) is 11.3 Å². The van der Waals surface area contributed by atoms with Gasteiger partial charge in [0.15, 0.2) is 0 Å². The molecule has 0 rings (SSSR count). The van der Waals surface area contributed by atoms with Crippen LogP contribution in [0, 0.1) is 11.3 Å². The highest BCUT2D eigenvalue weighted by atomic mass is 16.5. The maximum Gasteiger partial charge on any atom is 0.0471 e. The van der Waals surface area contributed by atoms with Gasteiger partial charge in [0.2, 0.25) is 0 Å². The molecule has 0 aliphatic rings. The molecule has 0 aromatic heterocycles. The van der Waals surface area contributed by atoms with Crippen LogP contribution < -0.4 is 0 Å². The Labute approximate surface area is 90.2 Å². The molecule has 0 unspecified atom stereocenters. The maximum atomic E-state index is 5.59. The molecule has 14 heavy (non-hydrogen) atoms. The van der Waals surface area contributed by atoms with Gasteiger partial charge >= 0.3 is 0 Å². The molecular formula is C13H28O. The van der Waals surface area contributed by atoms with Crippen LogP contribution in [0.1, 0.15) is 60.3 Å². The minimum atomic E-state index is 0.415. The van der Waals surface area contributed by atoms with E-state index >= 15 is 0 Å². The normalized spacial score (nSPS) is 12.4. The zero-order chi connectivity index (χ0) is 11.0. The first-order valence-electron chi connectivity index (χ1n) is 5.99. The third-order valence-corrected chi connectivity index (χ3v) is 2.32. The van der Waals surface area contributed by atoms with Crippen molar-refractivity contribution in [3.63, 3.8) is 0 Å². The van der Waals surface area contributed by atoms with Gasteiger partial charge in [-0.1, -0.05) is 47.5 Å². The summed E-state index contributed by atoms with van der Waals surface area (Å²) in [5.41, 5.74) is 0.415. The Balaban J connectivity index is 3.07. The number of unbranched alkanes of at least 4 members (excludes halogenated alkanes) is 1. The first-order chi connectivity index (χ1) is 6.42. The number of rotatable bonds is 7. The molecule has 0 spiro atoms. The van der Waals surface area contributed by atoms with Crippen LogP contribution in [0.5, 0.6) is 0 Å². The standard InChI is InChI=1S/C13H28O/c1-12(2)8-6-7-10-14-11-9-13(3,4)5/h12H,6-11H2,1-5H3. The van der Waals surface area contributed by atoms with Gasteiger partial charge in [0.1, 0.15) is 0 Å². The zero-order valence-electron chi connectivity index (χ0n) is 10.7. The summed E-state index contributed by atoms with van der Waals surface area (Å²) in [6.45, 7) is 13.2. The largest absolute Gasteiger partial charge is 0.381 e. The van der Waals surface area contributed by atoms with E-state index in [9.17, 15) is 0 Å². The van der Waals surface area contributed by atoms with Crippen LogP contribution in [0.4, 0.5) is 0 Å². The summed E-state index contributed by atoms with van der Waals surface area (Å²) in [6.07, 6.45) is 5.04. The highest BCUT2D eigenvalue weighted by Gasteiger charge is 2.08. The van der Waals surface area contributed by atoms with Crippen LogP contribution >= 0.6 is 0 Å². The van der Waals surface area contributed by atoms with E-state index in [4.69, 9.17) is 4.74 Å². The predicted molar refractivity (Wildman–Crippen MR) is 63.6 cm³/mol. The molecule has 0 aliphatic heterocycles. The van der Waals surface area contributed by atoms with Crippen LogP contribution in [-0.2, 0) is 4.74 Å². The molecule has 0 radical (unpaired) electrons. The van der Waals surface area contributed by atoms with Gasteiger partial charge in [0.25, 0.3) is 0 Å². The van der Waals surface area contributed by atoms with Crippen LogP contribution in [-0.4, -0.2) is 13.2 Å². The fourth-order valence-electron chi connectivity index (χ4n) is 1.24. The van der Waals surface area contributed by atoms with E-state index < -0.39 is 0 Å². The van der Waals surface area contributed by atoms with E-state index in [1.165, 1.54) is 19.3 Å². The van der Waals surface area contributed by atoms with Crippen molar-refractivity contribution in [3.05, 3.63) is 0 Å². The summed E-state index contributed by atoms with van der Waals surface area (Å²) in [4.78, 5) is 0. The van der Waals surface area contributed by atoms with Crippen molar-refractivity contribution >= 4 is 0 Å². The molecule has 0 bridgehead atoms. The van der Waals surface area contributed by atoms with E-state index in [-0.39, 0.29) is 0 Å². The first kappa shape index (κ1) is 14.0. The molecule has 0 aromatic carbocycles. The monoisotopic (exact) mass is 200 g/mol. The molecule has 86 valence electrons. The molecule has 0 atom stereocenters. The molecule has 0 aromatic rings. The van der Waals surface area contributed by atoms with Gasteiger partial charge in [-0.2, -0.15) is 0 Å². The molecule has 1 heteroatoms. The van der Waals surface area contributed by atoms with Crippen molar-refractivity contribution in [2.45, 2.75) is 60.3 Å². The second kappa shape index (κ2) is 7.28. The van der Waals surface area contributed by atoms with Crippen LogP contribution in [0.25, 0.3) is 0 Å². The van der Waals surface area contributed by atoms with Crippen molar-refractivity contribution in [3.8, 4) is 0 Å². The summed E-state index contributed by atoms with van der Waals surface area (Å²) in [6, 6.07) is 0. The number of ether oxygens (including phenoxy) is 1. The lowest BCUT2D eigenvalue weighted by atomic mass is 9.93. The lowest BCUT2D eigenvalue weighted by Gasteiger charge is -2.17. The minimum Gasteiger partial charge on any atom is -0.381 e. The fraction of sp³-hybridized carbons (Fsp3) is 1.00. The summed E-state index contributed by atoms with van der Waals surface area (Å²) in [5.74, 6) is 0.838. The number of hydrogen-bond donors (Lipinski definition) is 0. The number of hydrogen-bond acceptors (Lipinski definition) is 1. The van der Waals surface area contributed by atoms with Gasteiger partial charge < -0.3 is 4.74 Å². The molecule has 0 amide bonds. The predicted octanol–water partition coefficient (Wildman–Crippen LogP) is 4.27. The van der Waals surface area contributed by atoms with E-state index in [0.29, 0.717) is 5.41 Å². The zero-order valence-corrected chi connectivity index (χ0v) is 10.7. The van der Waals surface area contributed by atoms with Crippen LogP contribution in [0.2, 0.25) is 0 Å². The summed E-state index contributed by atoms with van der Waals surface area (Å²) in [7, 11) is 0. The molecule has 0 N–H and O–H groups in total. The Morgan fingerprint density at radius 2 is 1.64 bits per heavy atom. The minimum absolute atomic E-state index is 0.415. The highest BCUT2D eigenvalue weighted by Crippen LogP contribution is 2.18. The van der Waals surface area contributed by atoms with E-state index in [1.807, 2.05) is 0 Å². The lowest BCUT2D eigenvalue weighted by Crippen LogP contribution is -2.10. The molecule has 0 saturated heterocycles. The average Bonchev–Trinajstić information content (AvgIpc) is 2.00. The van der Waals surface area contributed by atoms with Crippen LogP contribution in [0.3, 0.4) is 0 Å². The van der Waals surface area contributed by atoms with Gasteiger partial charge in [0.05, 0.1) is 0 Å². The van der Waals surface area contributed by atoms with E-state index in [2.05, 4.69) is 34.6 Å². The van der Waals surface area contributed by atoms with Crippen molar-refractivity contribution in [2.75, 3.05) is 13.2 Å². The summed E-state index contributed by atoms with van der Waals surface area (Å²) < 4.78 is 5.59. The molecule has 1 nitrogen and oxygen atoms in total. The topological polar surface area (TPSA) is 9.23 Å². The Hall–Kier alpha value is -0.0400. The van der Waals surface area contributed by atoms with Crippen molar-refractivity contribution in [1.82, 2.24) is 0 Å². The lowest BCUT2D eigenvalue weighted by molar-refractivity contribution is 0.104. The summed E-state index contributed by atoms with van der Waals surface area (Å²) in [5, 5.41) is 0. The molecule has 0 heterocycles. The Bertz CT molecular complexity index is 122. The van der Waals surface area contributed by atoms with Gasteiger partial charge in [-0.05, 0) is 24.2 Å². The second-order valence-electron chi connectivity index (χ2n) is 5.81. The maximum absolute atomic E-state index is 5.59. The van der Waals surface area contributed by atoms with Crippen molar-refractivity contribution in [1.29, 1.82) is 0 Å². The first-order valence-corrected chi connectivity index (χ1v) is 5.99. The van der Waals surface area contributed by atoms with E-state index in [1.54, 1.807) is 0 Å². The Kier molecular flexibility index (Phi) is 7.26. The SMILES string of the molecule is CC(C)CCCCOCCC(C)(C)C. The third-order valence-electron chi connectivity index (χ3n) is 2.32. The van der Waals surface area contributed by atoms with Gasteiger partial charge in [-0.3, -0.25) is 0 Å². The van der Waals surface area contributed by atoms with E-state index in [0.717, 1.165) is 25.6 Å². The molecule has 0 saturated carbocycles. The Morgan fingerprint density at radius 3 is 2.14 bits per heavy atom. The fourth-order valence-corrected chi connectivity index (χ4v) is 1.24. The smallest absolute Gasteiger partial charge is 0.0471 e. The third kappa shape index (κ3) is 12.0.